The van der Waals surface area contributed by atoms with Gasteiger partial charge in [0.25, 0.3) is 0 Å². The zero-order valence-corrected chi connectivity index (χ0v) is 11.2. The van der Waals surface area contributed by atoms with E-state index in [0.717, 1.165) is 6.42 Å². The monoisotopic (exact) mass is 273 g/mol. The summed E-state index contributed by atoms with van der Waals surface area (Å²) >= 11 is 4.74. The van der Waals surface area contributed by atoms with Crippen molar-refractivity contribution in [1.29, 1.82) is 0 Å². The molecule has 1 aromatic carbocycles. The van der Waals surface area contributed by atoms with Gasteiger partial charge in [-0.3, -0.25) is 0 Å². The number of hydrogen-bond acceptors (Lipinski definition) is 4. The molecule has 0 saturated heterocycles. The van der Waals surface area contributed by atoms with Crippen LogP contribution in [0.1, 0.15) is 12.8 Å². The first kappa shape index (κ1) is 13.9. The smallest absolute Gasteiger partial charge is 0.175 e. The third-order valence-electron chi connectivity index (χ3n) is 2.07. The van der Waals surface area contributed by atoms with Crippen molar-refractivity contribution in [2.24, 2.45) is 5.73 Å². The highest BCUT2D eigenvalue weighted by atomic mass is 32.2. The van der Waals surface area contributed by atoms with Crippen LogP contribution in [0.2, 0.25) is 0 Å². The first-order valence-corrected chi connectivity index (χ1v) is 7.41. The first-order chi connectivity index (χ1) is 7.89. The second kappa shape index (κ2) is 5.97. The van der Waals surface area contributed by atoms with Gasteiger partial charge in [0.2, 0.25) is 0 Å². The minimum absolute atomic E-state index is 0.254. The van der Waals surface area contributed by atoms with Crippen LogP contribution in [-0.2, 0) is 9.84 Å². The van der Waals surface area contributed by atoms with E-state index in [1.54, 1.807) is 12.1 Å². The van der Waals surface area contributed by atoms with Gasteiger partial charge < -0.3 is 10.5 Å². The van der Waals surface area contributed by atoms with Crippen molar-refractivity contribution in [3.05, 3.63) is 24.3 Å². The Morgan fingerprint density at radius 1 is 1.47 bits per heavy atom. The molecule has 0 heterocycles. The van der Waals surface area contributed by atoms with E-state index in [0.29, 0.717) is 23.8 Å². The van der Waals surface area contributed by atoms with Gasteiger partial charge in [-0.25, -0.2) is 8.42 Å². The summed E-state index contributed by atoms with van der Waals surface area (Å²) in [5, 5.41) is 0. The van der Waals surface area contributed by atoms with E-state index in [2.05, 4.69) is 0 Å². The summed E-state index contributed by atoms with van der Waals surface area (Å²) in [6.45, 7) is 0.463. The molecule has 0 aromatic heterocycles. The fourth-order valence-corrected chi connectivity index (χ4v) is 2.03. The number of nitrogens with two attached hydrogens (primary N) is 1. The summed E-state index contributed by atoms with van der Waals surface area (Å²) in [5.74, 6) is 0.538. The maximum absolute atomic E-state index is 11.3. The van der Waals surface area contributed by atoms with E-state index in [1.165, 1.54) is 18.4 Å². The molecule has 0 aliphatic rings. The van der Waals surface area contributed by atoms with E-state index in [9.17, 15) is 8.42 Å². The summed E-state index contributed by atoms with van der Waals surface area (Å²) < 4.78 is 28.0. The van der Waals surface area contributed by atoms with Gasteiger partial charge in [-0.1, -0.05) is 18.3 Å². The molecule has 17 heavy (non-hydrogen) atoms. The highest BCUT2D eigenvalue weighted by Crippen LogP contribution is 2.17. The lowest BCUT2D eigenvalue weighted by Crippen LogP contribution is -2.09. The lowest BCUT2D eigenvalue weighted by Gasteiger charge is -2.07. The first-order valence-electron chi connectivity index (χ1n) is 5.11. The minimum atomic E-state index is -3.19. The Morgan fingerprint density at radius 3 is 2.76 bits per heavy atom. The predicted molar refractivity (Wildman–Crippen MR) is 71.1 cm³/mol. The molecule has 0 atom stereocenters. The van der Waals surface area contributed by atoms with Crippen LogP contribution in [0.3, 0.4) is 0 Å². The van der Waals surface area contributed by atoms with Gasteiger partial charge in [-0.2, -0.15) is 0 Å². The number of ether oxygens (including phenoxy) is 1. The van der Waals surface area contributed by atoms with Gasteiger partial charge in [0.05, 0.1) is 16.5 Å². The van der Waals surface area contributed by atoms with E-state index in [4.69, 9.17) is 22.7 Å². The van der Waals surface area contributed by atoms with Crippen LogP contribution in [0, 0.1) is 0 Å². The molecule has 0 amide bonds. The summed E-state index contributed by atoms with van der Waals surface area (Å²) in [7, 11) is -3.19. The molecular weight excluding hydrogens is 258 g/mol. The molecule has 1 aromatic rings. The summed E-state index contributed by atoms with van der Waals surface area (Å²) in [6.07, 6.45) is 2.51. The van der Waals surface area contributed by atoms with E-state index in [-0.39, 0.29) is 4.90 Å². The number of sulfone groups is 1. The van der Waals surface area contributed by atoms with Crippen molar-refractivity contribution in [2.75, 3.05) is 12.9 Å². The van der Waals surface area contributed by atoms with E-state index < -0.39 is 9.84 Å². The number of hydrogen-bond donors (Lipinski definition) is 1. The normalized spacial score (nSPS) is 11.1. The predicted octanol–water partition coefficient (Wildman–Crippen LogP) is 1.54. The van der Waals surface area contributed by atoms with Crippen molar-refractivity contribution in [3.8, 4) is 5.75 Å². The van der Waals surface area contributed by atoms with E-state index in [1.807, 2.05) is 0 Å². The maximum Gasteiger partial charge on any atom is 0.175 e. The average molecular weight is 273 g/mol. The third-order valence-corrected chi connectivity index (χ3v) is 3.38. The zero-order chi connectivity index (χ0) is 12.9. The summed E-state index contributed by atoms with van der Waals surface area (Å²) in [4.78, 5) is 0.711. The molecule has 0 aliphatic carbocycles. The van der Waals surface area contributed by atoms with Crippen LogP contribution < -0.4 is 10.5 Å². The zero-order valence-electron chi connectivity index (χ0n) is 9.55. The van der Waals surface area contributed by atoms with Gasteiger partial charge in [0.15, 0.2) is 9.84 Å². The Balaban J connectivity index is 2.58. The fourth-order valence-electron chi connectivity index (χ4n) is 1.23. The van der Waals surface area contributed by atoms with Gasteiger partial charge in [0.1, 0.15) is 5.75 Å². The molecular formula is C11H15NO3S2. The van der Waals surface area contributed by atoms with Crippen LogP contribution in [0.5, 0.6) is 5.75 Å². The van der Waals surface area contributed by atoms with Crippen molar-refractivity contribution in [1.82, 2.24) is 0 Å². The van der Waals surface area contributed by atoms with Crippen molar-refractivity contribution in [3.63, 3.8) is 0 Å². The van der Waals surface area contributed by atoms with Crippen LogP contribution >= 0.6 is 12.2 Å². The molecule has 0 radical (unpaired) electrons. The van der Waals surface area contributed by atoms with Gasteiger partial charge >= 0.3 is 0 Å². The SMILES string of the molecule is CS(=O)(=O)c1cccc(OCCCC(N)=S)c1. The largest absolute Gasteiger partial charge is 0.494 e. The highest BCUT2D eigenvalue weighted by molar-refractivity contribution is 7.90. The standard InChI is InChI=1S/C11H15NO3S2/c1-17(13,14)10-5-2-4-9(8-10)15-7-3-6-11(12)16/h2,4-5,8H,3,6-7H2,1H3,(H2,12,16). The topological polar surface area (TPSA) is 69.4 Å². The lowest BCUT2D eigenvalue weighted by molar-refractivity contribution is 0.313. The van der Waals surface area contributed by atoms with Crippen molar-refractivity contribution in [2.45, 2.75) is 17.7 Å². The molecule has 94 valence electrons. The van der Waals surface area contributed by atoms with Crippen LogP contribution in [0.4, 0.5) is 0 Å². The Labute approximate surface area is 107 Å². The van der Waals surface area contributed by atoms with Gasteiger partial charge in [-0.15, -0.1) is 0 Å². The Bertz CT molecular complexity index is 497. The quantitative estimate of drug-likeness (QED) is 0.629. The minimum Gasteiger partial charge on any atom is -0.494 e. The maximum atomic E-state index is 11.3. The Morgan fingerprint density at radius 2 is 2.18 bits per heavy atom. The van der Waals surface area contributed by atoms with Gasteiger partial charge in [0, 0.05) is 12.7 Å². The highest BCUT2D eigenvalue weighted by Gasteiger charge is 2.07. The molecule has 4 nitrogen and oxygen atoms in total. The van der Waals surface area contributed by atoms with Crippen LogP contribution in [-0.4, -0.2) is 26.3 Å². The molecule has 1 rings (SSSR count). The van der Waals surface area contributed by atoms with Crippen LogP contribution in [0.15, 0.2) is 29.2 Å². The second-order valence-corrected chi connectivity index (χ2v) is 6.21. The van der Waals surface area contributed by atoms with Crippen LogP contribution in [0.25, 0.3) is 0 Å². The lowest BCUT2D eigenvalue weighted by atomic mass is 10.3. The Hall–Kier alpha value is -1.14. The number of benzene rings is 1. The molecule has 0 saturated carbocycles. The summed E-state index contributed by atoms with van der Waals surface area (Å²) in [6, 6.07) is 6.42. The van der Waals surface area contributed by atoms with E-state index >= 15 is 0 Å². The van der Waals surface area contributed by atoms with Gasteiger partial charge in [-0.05, 0) is 24.6 Å². The van der Waals surface area contributed by atoms with Crippen molar-refractivity contribution < 1.29 is 13.2 Å². The molecule has 0 bridgehead atoms. The average Bonchev–Trinajstić information content (AvgIpc) is 2.23. The molecule has 6 heteroatoms. The Kier molecular flexibility index (Phi) is 4.89. The van der Waals surface area contributed by atoms with Crippen molar-refractivity contribution >= 4 is 27.0 Å². The molecule has 0 aliphatic heterocycles. The number of rotatable bonds is 6. The molecule has 0 spiro atoms. The third kappa shape index (κ3) is 5.14. The molecule has 2 N–H and O–H groups in total. The molecule has 0 unspecified atom stereocenters. The number of thiocarbonyl (C=S) groups is 1. The molecule has 0 fully saturated rings. The second-order valence-electron chi connectivity index (χ2n) is 3.67. The fraction of sp³-hybridized carbons (Fsp3) is 0.364. The summed E-state index contributed by atoms with van der Waals surface area (Å²) in [5.41, 5.74) is 5.35.